The van der Waals surface area contributed by atoms with Crippen LogP contribution in [0.2, 0.25) is 0 Å². The molecule has 0 atom stereocenters. The highest BCUT2D eigenvalue weighted by molar-refractivity contribution is 5.87. The summed E-state index contributed by atoms with van der Waals surface area (Å²) in [6.07, 6.45) is 7.81. The lowest BCUT2D eigenvalue weighted by Crippen LogP contribution is -2.18. The van der Waals surface area contributed by atoms with E-state index in [-0.39, 0.29) is 6.29 Å². The van der Waals surface area contributed by atoms with Crippen molar-refractivity contribution < 1.29 is 14.2 Å². The van der Waals surface area contributed by atoms with E-state index in [1.54, 1.807) is 6.33 Å². The van der Waals surface area contributed by atoms with Crippen molar-refractivity contribution in [2.45, 2.75) is 26.2 Å². The minimum absolute atomic E-state index is 0.283. The number of rotatable bonds is 6. The number of benzene rings is 1. The van der Waals surface area contributed by atoms with Crippen LogP contribution in [-0.4, -0.2) is 40.6 Å². The van der Waals surface area contributed by atoms with E-state index < -0.39 is 0 Å². The zero-order valence-corrected chi connectivity index (χ0v) is 14.2. The van der Waals surface area contributed by atoms with Gasteiger partial charge in [-0.3, -0.25) is 0 Å². The van der Waals surface area contributed by atoms with Crippen LogP contribution in [0.3, 0.4) is 0 Å². The van der Waals surface area contributed by atoms with Crippen molar-refractivity contribution in [3.05, 3.63) is 54.2 Å². The van der Waals surface area contributed by atoms with Crippen LogP contribution in [-0.2, 0) is 22.4 Å². The fourth-order valence-corrected chi connectivity index (χ4v) is 3.13. The molecule has 1 aliphatic rings. The summed E-state index contributed by atoms with van der Waals surface area (Å²) >= 11 is 0. The van der Waals surface area contributed by atoms with Crippen molar-refractivity contribution in [1.29, 1.82) is 0 Å². The first-order valence-electron chi connectivity index (χ1n) is 8.55. The first kappa shape index (κ1) is 16.1. The van der Waals surface area contributed by atoms with E-state index in [1.807, 2.05) is 12.4 Å². The zero-order chi connectivity index (χ0) is 17.1. The molecule has 6 heteroatoms. The van der Waals surface area contributed by atoms with E-state index in [0.717, 1.165) is 29.7 Å². The van der Waals surface area contributed by atoms with Gasteiger partial charge in [-0.15, -0.1) is 0 Å². The van der Waals surface area contributed by atoms with Crippen LogP contribution in [0.15, 0.2) is 43.1 Å². The largest absolute Gasteiger partial charge is 0.488 e. The molecule has 1 aliphatic heterocycles. The van der Waals surface area contributed by atoms with E-state index in [4.69, 9.17) is 14.2 Å². The Morgan fingerprint density at radius 1 is 1.16 bits per heavy atom. The summed E-state index contributed by atoms with van der Waals surface area (Å²) in [7, 11) is 0. The Kier molecular flexibility index (Phi) is 4.63. The second kappa shape index (κ2) is 7.21. The van der Waals surface area contributed by atoms with Gasteiger partial charge in [-0.05, 0) is 36.2 Å². The Balaban J connectivity index is 1.65. The summed E-state index contributed by atoms with van der Waals surface area (Å²) in [6, 6.07) is 6.39. The summed E-state index contributed by atoms with van der Waals surface area (Å²) in [5.41, 5.74) is 3.41. The van der Waals surface area contributed by atoms with Gasteiger partial charge in [-0.2, -0.15) is 0 Å². The van der Waals surface area contributed by atoms with Crippen molar-refractivity contribution in [2.75, 3.05) is 19.8 Å². The third kappa shape index (κ3) is 3.50. The number of nitrogens with zero attached hydrogens (tertiary/aromatic N) is 3. The van der Waals surface area contributed by atoms with Crippen LogP contribution >= 0.6 is 0 Å². The Morgan fingerprint density at radius 3 is 2.72 bits per heavy atom. The molecule has 0 radical (unpaired) electrons. The minimum atomic E-state index is -0.283. The van der Waals surface area contributed by atoms with Crippen LogP contribution in [0.25, 0.3) is 10.9 Å². The topological polar surface area (TPSA) is 58.4 Å². The van der Waals surface area contributed by atoms with Gasteiger partial charge in [0.25, 0.3) is 0 Å². The molecule has 0 bridgehead atoms. The number of ether oxygens (including phenoxy) is 3. The number of hydrogen-bond acceptors (Lipinski definition) is 5. The normalized spacial score (nSPS) is 15.1. The van der Waals surface area contributed by atoms with E-state index in [9.17, 15) is 0 Å². The maximum absolute atomic E-state index is 6.04. The fourth-order valence-electron chi connectivity index (χ4n) is 3.13. The molecule has 1 fully saturated rings. The molecule has 0 aliphatic carbocycles. The van der Waals surface area contributed by atoms with E-state index >= 15 is 0 Å². The number of hydrogen-bond donors (Lipinski definition) is 0. The predicted octanol–water partition coefficient (Wildman–Crippen LogP) is 2.79. The maximum Gasteiger partial charge on any atom is 0.191 e. The predicted molar refractivity (Wildman–Crippen MR) is 93.6 cm³/mol. The quantitative estimate of drug-likeness (QED) is 0.691. The first-order chi connectivity index (χ1) is 12.3. The van der Waals surface area contributed by atoms with Gasteiger partial charge in [0.2, 0.25) is 0 Å². The molecule has 1 aromatic carbocycles. The summed E-state index contributed by atoms with van der Waals surface area (Å²) in [4.78, 5) is 8.19. The van der Waals surface area contributed by atoms with Gasteiger partial charge in [0.1, 0.15) is 18.7 Å². The van der Waals surface area contributed by atoms with Crippen molar-refractivity contribution in [1.82, 2.24) is 14.5 Å². The minimum Gasteiger partial charge on any atom is -0.488 e. The van der Waals surface area contributed by atoms with Crippen molar-refractivity contribution in [3.8, 4) is 5.75 Å². The number of aromatic nitrogens is 3. The Morgan fingerprint density at radius 2 is 1.96 bits per heavy atom. The third-order valence-corrected chi connectivity index (χ3v) is 4.34. The van der Waals surface area contributed by atoms with Gasteiger partial charge in [0.05, 0.1) is 18.7 Å². The molecule has 6 nitrogen and oxygen atoms in total. The highest BCUT2D eigenvalue weighted by Crippen LogP contribution is 2.30. The van der Waals surface area contributed by atoms with E-state index in [1.165, 1.54) is 11.1 Å². The average Bonchev–Trinajstić information content (AvgIpc) is 3.30. The standard InChI is InChI=1S/C19H21N3O3/c1-2-22-4-3-16-17(22)8-14(7-15-10-20-13-21-11-15)9-18(16)25-12-19-23-5-6-24-19/h3-4,8-11,13,19H,2,5-7,12H2,1H3. The van der Waals surface area contributed by atoms with Crippen molar-refractivity contribution in [3.63, 3.8) is 0 Å². The maximum atomic E-state index is 6.04. The Bertz CT molecular complexity index is 842. The van der Waals surface area contributed by atoms with Gasteiger partial charge in [-0.1, -0.05) is 0 Å². The highest BCUT2D eigenvalue weighted by Gasteiger charge is 2.18. The molecule has 3 heterocycles. The lowest BCUT2D eigenvalue weighted by Gasteiger charge is -2.14. The molecule has 3 aromatic rings. The second-order valence-electron chi connectivity index (χ2n) is 6.03. The fraction of sp³-hybridized carbons (Fsp3) is 0.368. The number of fused-ring (bicyclic) bond motifs is 1. The highest BCUT2D eigenvalue weighted by atomic mass is 16.7. The van der Waals surface area contributed by atoms with Gasteiger partial charge in [0.15, 0.2) is 6.29 Å². The van der Waals surface area contributed by atoms with Crippen LogP contribution in [0.1, 0.15) is 18.1 Å². The third-order valence-electron chi connectivity index (χ3n) is 4.34. The lowest BCUT2D eigenvalue weighted by atomic mass is 10.1. The van der Waals surface area contributed by atoms with Crippen molar-refractivity contribution in [2.24, 2.45) is 0 Å². The molecule has 1 saturated heterocycles. The smallest absolute Gasteiger partial charge is 0.191 e. The summed E-state index contributed by atoms with van der Waals surface area (Å²) < 4.78 is 19.2. The van der Waals surface area contributed by atoms with Gasteiger partial charge >= 0.3 is 0 Å². The van der Waals surface area contributed by atoms with Crippen LogP contribution in [0, 0.1) is 0 Å². The second-order valence-corrected chi connectivity index (χ2v) is 6.03. The van der Waals surface area contributed by atoms with Crippen LogP contribution < -0.4 is 4.74 Å². The number of aryl methyl sites for hydroxylation is 1. The Hall–Kier alpha value is -2.44. The van der Waals surface area contributed by atoms with Crippen molar-refractivity contribution >= 4 is 10.9 Å². The molecule has 2 aromatic heterocycles. The monoisotopic (exact) mass is 339 g/mol. The van der Waals surface area contributed by atoms with Gasteiger partial charge < -0.3 is 18.8 Å². The molecular formula is C19H21N3O3. The Labute approximate surface area is 146 Å². The molecule has 130 valence electrons. The molecule has 4 rings (SSSR count). The molecule has 25 heavy (non-hydrogen) atoms. The summed E-state index contributed by atoms with van der Waals surface area (Å²) in [5.74, 6) is 0.857. The van der Waals surface area contributed by atoms with Gasteiger partial charge in [0, 0.05) is 36.9 Å². The average molecular weight is 339 g/mol. The lowest BCUT2D eigenvalue weighted by molar-refractivity contribution is -0.0681. The molecule has 0 amide bonds. The van der Waals surface area contributed by atoms with Crippen LogP contribution in [0.5, 0.6) is 5.75 Å². The van der Waals surface area contributed by atoms with Crippen LogP contribution in [0.4, 0.5) is 0 Å². The summed E-state index contributed by atoms with van der Waals surface area (Å²) in [6.45, 7) is 4.70. The zero-order valence-electron chi connectivity index (χ0n) is 14.2. The van der Waals surface area contributed by atoms with E-state index in [0.29, 0.717) is 19.8 Å². The van der Waals surface area contributed by atoms with Gasteiger partial charge in [-0.25, -0.2) is 9.97 Å². The molecule has 0 saturated carbocycles. The molecule has 0 unspecified atom stereocenters. The molecular weight excluding hydrogens is 318 g/mol. The first-order valence-corrected chi connectivity index (χ1v) is 8.55. The van der Waals surface area contributed by atoms with E-state index in [2.05, 4.69) is 45.9 Å². The molecule has 0 N–H and O–H groups in total. The molecule has 0 spiro atoms. The SMILES string of the molecule is CCn1ccc2c(OCC3OCCO3)cc(Cc3cncnc3)cc21. The summed E-state index contributed by atoms with van der Waals surface area (Å²) in [5, 5.41) is 1.10.